The molecular weight excluding hydrogens is 450 g/mol. The number of halogens is 6. The number of aliphatic imine (C=N–C) groups is 1. The molecule has 1 aliphatic heterocycles. The van der Waals surface area contributed by atoms with Crippen molar-refractivity contribution >= 4 is 5.71 Å². The minimum absolute atomic E-state index is 0.00751. The molecule has 0 radical (unpaired) electrons. The van der Waals surface area contributed by atoms with E-state index < -0.39 is 23.8 Å². The molecule has 3 aromatic rings. The zero-order valence-electron chi connectivity index (χ0n) is 17.2. The van der Waals surface area contributed by atoms with Gasteiger partial charge in [0.2, 0.25) is 0 Å². The molecule has 174 valence electrons. The Morgan fingerprint density at radius 2 is 1.91 bits per heavy atom. The highest BCUT2D eigenvalue weighted by molar-refractivity contribution is 6.05. The van der Waals surface area contributed by atoms with Gasteiger partial charge >= 0.3 is 12.4 Å². The molecule has 6 nitrogen and oxygen atoms in total. The predicted molar refractivity (Wildman–Crippen MR) is 107 cm³/mol. The first-order valence-electron chi connectivity index (χ1n) is 9.97. The van der Waals surface area contributed by atoms with Crippen LogP contribution in [0.15, 0.2) is 53.8 Å². The van der Waals surface area contributed by atoms with E-state index in [4.69, 9.17) is 0 Å². The van der Waals surface area contributed by atoms with Crippen LogP contribution in [0.4, 0.5) is 26.3 Å². The molecule has 0 aromatic carbocycles. The minimum Gasteiger partial charge on any atom is -0.341 e. The van der Waals surface area contributed by atoms with Gasteiger partial charge in [-0.25, -0.2) is 15.0 Å². The monoisotopic (exact) mass is 468 g/mol. The fraction of sp³-hybridized carbons (Fsp3) is 0.333. The lowest BCUT2D eigenvalue weighted by Gasteiger charge is -2.17. The van der Waals surface area contributed by atoms with Crippen LogP contribution in [0.1, 0.15) is 42.8 Å². The van der Waals surface area contributed by atoms with E-state index in [0.29, 0.717) is 13.0 Å². The second-order valence-corrected chi connectivity index (χ2v) is 7.62. The highest BCUT2D eigenvalue weighted by atomic mass is 19.4. The Kier molecular flexibility index (Phi) is 5.85. The highest BCUT2D eigenvalue weighted by Gasteiger charge is 2.41. The molecule has 0 saturated carbocycles. The number of hydrogen-bond acceptors (Lipinski definition) is 4. The minimum atomic E-state index is -4.79. The van der Waals surface area contributed by atoms with Gasteiger partial charge in [0.25, 0.3) is 0 Å². The summed E-state index contributed by atoms with van der Waals surface area (Å²) in [7, 11) is 0. The molecule has 12 heteroatoms. The van der Waals surface area contributed by atoms with Crippen LogP contribution in [0.5, 0.6) is 0 Å². The molecule has 0 aliphatic carbocycles. The molecule has 4 rings (SSSR count). The summed E-state index contributed by atoms with van der Waals surface area (Å²) in [5, 5.41) is 0. The molecule has 3 aromatic heterocycles. The average Bonchev–Trinajstić information content (AvgIpc) is 3.40. The highest BCUT2D eigenvalue weighted by Crippen LogP contribution is 2.34. The van der Waals surface area contributed by atoms with Crippen LogP contribution in [0.25, 0.3) is 11.4 Å². The number of aromatic amines is 1. The van der Waals surface area contributed by atoms with Crippen molar-refractivity contribution in [3.8, 4) is 11.4 Å². The number of alkyl halides is 6. The van der Waals surface area contributed by atoms with E-state index in [-0.39, 0.29) is 40.8 Å². The number of fused-ring (bicyclic) bond motifs is 1. The average molecular weight is 468 g/mol. The quantitative estimate of drug-likeness (QED) is 0.513. The molecule has 0 saturated heterocycles. The van der Waals surface area contributed by atoms with Gasteiger partial charge in [-0.15, -0.1) is 0 Å². The van der Waals surface area contributed by atoms with Crippen molar-refractivity contribution in [1.82, 2.24) is 24.5 Å². The van der Waals surface area contributed by atoms with E-state index >= 15 is 0 Å². The maximum Gasteiger partial charge on any atom is 0.435 e. The van der Waals surface area contributed by atoms with Gasteiger partial charge in [-0.1, -0.05) is 13.0 Å². The van der Waals surface area contributed by atoms with E-state index in [2.05, 4.69) is 24.9 Å². The Morgan fingerprint density at radius 3 is 2.52 bits per heavy atom. The number of allylic oxidation sites excluding steroid dienone is 2. The number of imidazole rings is 2. The zero-order chi connectivity index (χ0) is 23.8. The third-order valence-corrected chi connectivity index (χ3v) is 5.19. The first-order valence-corrected chi connectivity index (χ1v) is 9.97. The molecule has 0 fully saturated rings. The van der Waals surface area contributed by atoms with Crippen LogP contribution in [0.3, 0.4) is 0 Å². The summed E-state index contributed by atoms with van der Waals surface area (Å²) in [4.78, 5) is 18.1. The number of rotatable bonds is 4. The zero-order valence-corrected chi connectivity index (χ0v) is 17.2. The van der Waals surface area contributed by atoms with Crippen molar-refractivity contribution < 1.29 is 26.3 Å². The van der Waals surface area contributed by atoms with Crippen LogP contribution >= 0.6 is 0 Å². The topological polar surface area (TPSA) is 71.8 Å². The maximum atomic E-state index is 14.0. The number of nitrogens with zero attached hydrogens (tertiary/aromatic N) is 5. The summed E-state index contributed by atoms with van der Waals surface area (Å²) in [5.41, 5.74) is -1.99. The Bertz CT molecular complexity index is 1170. The third-order valence-electron chi connectivity index (χ3n) is 5.19. The van der Waals surface area contributed by atoms with Gasteiger partial charge in [-0.3, -0.25) is 4.98 Å². The van der Waals surface area contributed by atoms with Crippen molar-refractivity contribution in [1.29, 1.82) is 0 Å². The van der Waals surface area contributed by atoms with Gasteiger partial charge in [-0.05, 0) is 18.6 Å². The Labute approximate surface area is 184 Å². The predicted octanol–water partition coefficient (Wildman–Crippen LogP) is 5.52. The normalized spacial score (nSPS) is 17.1. The van der Waals surface area contributed by atoms with Crippen molar-refractivity contribution in [2.75, 3.05) is 0 Å². The lowest BCUT2D eigenvalue weighted by atomic mass is 9.97. The Balaban J connectivity index is 1.71. The lowest BCUT2D eigenvalue weighted by molar-refractivity contribution is -0.141. The number of hydrogen-bond donors (Lipinski definition) is 1. The molecule has 33 heavy (non-hydrogen) atoms. The molecule has 4 heterocycles. The molecule has 0 bridgehead atoms. The largest absolute Gasteiger partial charge is 0.435 e. The molecule has 0 unspecified atom stereocenters. The van der Waals surface area contributed by atoms with Gasteiger partial charge in [-0.2, -0.15) is 26.3 Å². The number of H-pyrrole nitrogens is 1. The number of aryl methyl sites for hydroxylation is 1. The Morgan fingerprint density at radius 1 is 1.12 bits per heavy atom. The maximum absolute atomic E-state index is 14.0. The van der Waals surface area contributed by atoms with Gasteiger partial charge in [0.05, 0.1) is 6.33 Å². The fourth-order valence-electron chi connectivity index (χ4n) is 3.45. The molecule has 1 aliphatic rings. The molecule has 0 amide bonds. The van der Waals surface area contributed by atoms with Gasteiger partial charge in [0.15, 0.2) is 5.71 Å². The molecule has 1 N–H and O–H groups in total. The standard InChI is InChI=1S/C21H18F6N6/c1-12-2-4-14(6-8-33-9-7-28-11-33)30-18(21(25,26)27)17-16(12)31-19(32-17)13-3-5-15(29-10-13)20(22,23)24/h3-5,7,9-12H,2,6,8H2,1H3,(H,31,32)/t12-/m1/s1. The van der Waals surface area contributed by atoms with Crippen molar-refractivity contribution in [3.05, 3.63) is 65.9 Å². The van der Waals surface area contributed by atoms with E-state index in [1.165, 1.54) is 0 Å². The summed E-state index contributed by atoms with van der Waals surface area (Å²) in [6.07, 6.45) is -1.30. The van der Waals surface area contributed by atoms with Crippen molar-refractivity contribution in [2.24, 2.45) is 4.99 Å². The third kappa shape index (κ3) is 4.99. The second kappa shape index (κ2) is 8.49. The van der Waals surface area contributed by atoms with Crippen molar-refractivity contribution in [3.63, 3.8) is 0 Å². The van der Waals surface area contributed by atoms with E-state index in [9.17, 15) is 26.3 Å². The Hall–Kier alpha value is -3.44. The number of pyridine rings is 1. The van der Waals surface area contributed by atoms with Crippen LogP contribution in [0.2, 0.25) is 0 Å². The summed E-state index contributed by atoms with van der Waals surface area (Å²) < 4.78 is 82.0. The van der Waals surface area contributed by atoms with Gasteiger partial charge in [0.1, 0.15) is 17.2 Å². The van der Waals surface area contributed by atoms with E-state index in [1.807, 2.05) is 0 Å². The fourth-order valence-corrected chi connectivity index (χ4v) is 3.45. The SMILES string of the molecule is C[C@@H]1CC=C(CCn2ccnc2)N=C(C(F)(F)F)c2nc(-c3ccc(C(F)(F)F)nc3)[nH]c21. The van der Waals surface area contributed by atoms with Crippen LogP contribution in [-0.2, 0) is 12.7 Å². The summed E-state index contributed by atoms with van der Waals surface area (Å²) in [6.45, 7) is 2.15. The molecular formula is C21H18F6N6. The summed E-state index contributed by atoms with van der Waals surface area (Å²) in [6, 6.07) is 1.87. The smallest absolute Gasteiger partial charge is 0.341 e. The van der Waals surface area contributed by atoms with Gasteiger partial charge in [0, 0.05) is 54.4 Å². The lowest BCUT2D eigenvalue weighted by Crippen LogP contribution is -2.27. The summed E-state index contributed by atoms with van der Waals surface area (Å²) >= 11 is 0. The van der Waals surface area contributed by atoms with Crippen molar-refractivity contribution in [2.45, 2.75) is 44.6 Å². The second-order valence-electron chi connectivity index (χ2n) is 7.62. The van der Waals surface area contributed by atoms with Gasteiger partial charge < -0.3 is 9.55 Å². The van der Waals surface area contributed by atoms with E-state index in [0.717, 1.165) is 18.3 Å². The number of aromatic nitrogens is 5. The van der Waals surface area contributed by atoms with E-state index in [1.54, 1.807) is 36.3 Å². The number of nitrogens with one attached hydrogen (secondary N) is 1. The van der Waals surface area contributed by atoms with Crippen LogP contribution in [0, 0.1) is 0 Å². The molecule has 1 atom stereocenters. The first kappa shape index (κ1) is 22.7. The first-order chi connectivity index (χ1) is 15.5. The summed E-state index contributed by atoms with van der Waals surface area (Å²) in [5.74, 6) is -0.369. The molecule has 0 spiro atoms. The van der Waals surface area contributed by atoms with Crippen LogP contribution in [-0.4, -0.2) is 36.4 Å². The van der Waals surface area contributed by atoms with Crippen LogP contribution < -0.4 is 0 Å².